The molecular weight excluding hydrogens is 282 g/mol. The number of amides is 1. The van der Waals surface area contributed by atoms with E-state index in [1.54, 1.807) is 48.8 Å². The second kappa shape index (κ2) is 5.69. The van der Waals surface area contributed by atoms with Crippen LogP contribution >= 0.6 is 0 Å². The Balaban J connectivity index is 1.92. The smallest absolute Gasteiger partial charge is 0.265 e. The van der Waals surface area contributed by atoms with E-state index in [4.69, 9.17) is 0 Å². The van der Waals surface area contributed by atoms with Gasteiger partial charge in [-0.25, -0.2) is 0 Å². The lowest BCUT2D eigenvalue weighted by atomic mass is 10.1. The van der Waals surface area contributed by atoms with Crippen LogP contribution in [-0.2, 0) is 6.54 Å². The van der Waals surface area contributed by atoms with E-state index >= 15 is 0 Å². The van der Waals surface area contributed by atoms with E-state index in [1.165, 1.54) is 0 Å². The Morgan fingerprint density at radius 3 is 2.82 bits per heavy atom. The Bertz CT molecular complexity index is 888. The topological polar surface area (TPSA) is 95.1 Å². The maximum atomic E-state index is 12.2. The maximum Gasteiger partial charge on any atom is 0.265 e. The number of rotatable bonds is 3. The standard InChI is InChI=1S/C16H13N3O3/c20-14-11-5-1-2-6-12(11)19-16(22)13(14)15(21)18-9-10-4-3-7-17-8-10/h1-8H,9H2,(H,18,21)(H2,19,20,22). The molecule has 6 nitrogen and oxygen atoms in total. The van der Waals surface area contributed by atoms with Crippen LogP contribution in [0, 0.1) is 0 Å². The van der Waals surface area contributed by atoms with Crippen molar-refractivity contribution in [3.05, 3.63) is 70.3 Å². The first-order valence-electron chi connectivity index (χ1n) is 6.68. The zero-order valence-corrected chi connectivity index (χ0v) is 11.5. The molecule has 0 bridgehead atoms. The number of pyridine rings is 2. The van der Waals surface area contributed by atoms with Gasteiger partial charge in [-0.2, -0.15) is 0 Å². The monoisotopic (exact) mass is 295 g/mol. The van der Waals surface area contributed by atoms with Crippen LogP contribution in [0.4, 0.5) is 0 Å². The minimum atomic E-state index is -0.631. The predicted octanol–water partition coefficient (Wildman–Crippen LogP) is 1.56. The second-order valence-electron chi connectivity index (χ2n) is 4.77. The fourth-order valence-electron chi connectivity index (χ4n) is 2.21. The van der Waals surface area contributed by atoms with E-state index in [0.717, 1.165) is 5.56 Å². The SMILES string of the molecule is O=C(NCc1cccnc1)c1c(O)c2ccccc2[nH]c1=O. The van der Waals surface area contributed by atoms with Crippen LogP contribution in [0.2, 0.25) is 0 Å². The molecule has 0 aliphatic heterocycles. The number of aromatic amines is 1. The third kappa shape index (κ3) is 2.54. The van der Waals surface area contributed by atoms with Crippen LogP contribution in [0.1, 0.15) is 15.9 Å². The first-order chi connectivity index (χ1) is 10.7. The van der Waals surface area contributed by atoms with Crippen molar-refractivity contribution in [1.82, 2.24) is 15.3 Å². The van der Waals surface area contributed by atoms with Crippen LogP contribution in [0.5, 0.6) is 5.75 Å². The van der Waals surface area contributed by atoms with E-state index in [-0.39, 0.29) is 17.9 Å². The van der Waals surface area contributed by atoms with Gasteiger partial charge in [-0.15, -0.1) is 0 Å². The number of fused-ring (bicyclic) bond motifs is 1. The Labute approximate surface area is 125 Å². The highest BCUT2D eigenvalue weighted by Gasteiger charge is 2.18. The molecule has 0 radical (unpaired) electrons. The predicted molar refractivity (Wildman–Crippen MR) is 81.6 cm³/mol. The number of H-pyrrole nitrogens is 1. The van der Waals surface area contributed by atoms with Crippen molar-refractivity contribution in [2.24, 2.45) is 0 Å². The molecule has 110 valence electrons. The highest BCUT2D eigenvalue weighted by Crippen LogP contribution is 2.24. The molecule has 0 atom stereocenters. The van der Waals surface area contributed by atoms with Crippen molar-refractivity contribution in [1.29, 1.82) is 0 Å². The van der Waals surface area contributed by atoms with Crippen LogP contribution in [0.25, 0.3) is 10.9 Å². The van der Waals surface area contributed by atoms with Gasteiger partial charge in [0.1, 0.15) is 11.3 Å². The van der Waals surface area contributed by atoms with Gasteiger partial charge in [0.2, 0.25) is 0 Å². The zero-order chi connectivity index (χ0) is 15.5. The van der Waals surface area contributed by atoms with Gasteiger partial charge in [0.15, 0.2) is 0 Å². The molecule has 3 rings (SSSR count). The molecule has 0 unspecified atom stereocenters. The largest absolute Gasteiger partial charge is 0.506 e. The number of benzene rings is 1. The number of para-hydroxylation sites is 1. The molecule has 3 aromatic rings. The molecule has 2 heterocycles. The number of nitrogens with zero attached hydrogens (tertiary/aromatic N) is 1. The van der Waals surface area contributed by atoms with Crippen LogP contribution in [-0.4, -0.2) is 21.0 Å². The quantitative estimate of drug-likeness (QED) is 0.683. The summed E-state index contributed by atoms with van der Waals surface area (Å²) < 4.78 is 0. The van der Waals surface area contributed by atoms with Crippen LogP contribution in [0.15, 0.2) is 53.6 Å². The molecule has 0 aliphatic rings. The summed E-state index contributed by atoms with van der Waals surface area (Å²) in [5.41, 5.74) is 0.365. The van der Waals surface area contributed by atoms with Crippen molar-refractivity contribution >= 4 is 16.8 Å². The van der Waals surface area contributed by atoms with E-state index in [1.807, 2.05) is 0 Å². The van der Waals surface area contributed by atoms with E-state index < -0.39 is 11.5 Å². The Hall–Kier alpha value is -3.15. The highest BCUT2D eigenvalue weighted by atomic mass is 16.3. The molecule has 1 amide bonds. The average Bonchev–Trinajstić information content (AvgIpc) is 2.54. The summed E-state index contributed by atoms with van der Waals surface area (Å²) in [6.45, 7) is 0.221. The van der Waals surface area contributed by atoms with Crippen molar-refractivity contribution in [3.63, 3.8) is 0 Å². The van der Waals surface area contributed by atoms with E-state index in [0.29, 0.717) is 10.9 Å². The van der Waals surface area contributed by atoms with E-state index in [2.05, 4.69) is 15.3 Å². The molecular formula is C16H13N3O3. The summed E-state index contributed by atoms with van der Waals surface area (Å²) in [6.07, 6.45) is 3.25. The van der Waals surface area contributed by atoms with Gasteiger partial charge in [0, 0.05) is 24.3 Å². The molecule has 2 aromatic heterocycles. The minimum Gasteiger partial charge on any atom is -0.506 e. The number of aromatic hydroxyl groups is 1. The normalized spacial score (nSPS) is 10.5. The summed E-state index contributed by atoms with van der Waals surface area (Å²) in [6, 6.07) is 10.3. The number of aromatic nitrogens is 2. The first-order valence-corrected chi connectivity index (χ1v) is 6.68. The third-order valence-corrected chi connectivity index (χ3v) is 3.30. The zero-order valence-electron chi connectivity index (χ0n) is 11.5. The van der Waals surface area contributed by atoms with Gasteiger partial charge < -0.3 is 15.4 Å². The van der Waals surface area contributed by atoms with Gasteiger partial charge in [-0.1, -0.05) is 18.2 Å². The van der Waals surface area contributed by atoms with Gasteiger partial charge in [-0.05, 0) is 23.8 Å². The van der Waals surface area contributed by atoms with Crippen molar-refractivity contribution in [3.8, 4) is 5.75 Å². The molecule has 0 spiro atoms. The van der Waals surface area contributed by atoms with Gasteiger partial charge >= 0.3 is 0 Å². The molecule has 0 aliphatic carbocycles. The lowest BCUT2D eigenvalue weighted by molar-refractivity contribution is 0.0947. The second-order valence-corrected chi connectivity index (χ2v) is 4.77. The maximum absolute atomic E-state index is 12.2. The number of hydrogen-bond donors (Lipinski definition) is 3. The lowest BCUT2D eigenvalue weighted by Gasteiger charge is -2.08. The number of carbonyl (C=O) groups is 1. The molecule has 1 aromatic carbocycles. The summed E-state index contributed by atoms with van der Waals surface area (Å²) in [5.74, 6) is -0.948. The molecule has 0 fully saturated rings. The molecule has 0 saturated heterocycles. The third-order valence-electron chi connectivity index (χ3n) is 3.30. The first kappa shape index (κ1) is 13.8. The summed E-state index contributed by atoms with van der Waals surface area (Å²) in [7, 11) is 0. The van der Waals surface area contributed by atoms with Gasteiger partial charge in [-0.3, -0.25) is 14.6 Å². The molecule has 22 heavy (non-hydrogen) atoms. The van der Waals surface area contributed by atoms with Crippen LogP contribution < -0.4 is 10.9 Å². The van der Waals surface area contributed by atoms with Gasteiger partial charge in [0.25, 0.3) is 11.5 Å². The lowest BCUT2D eigenvalue weighted by Crippen LogP contribution is -2.29. The number of nitrogens with one attached hydrogen (secondary N) is 2. The average molecular weight is 295 g/mol. The summed E-state index contributed by atoms with van der Waals surface area (Å²) in [4.78, 5) is 30.7. The summed E-state index contributed by atoms with van der Waals surface area (Å²) in [5, 5.41) is 13.2. The molecule has 3 N–H and O–H groups in total. The van der Waals surface area contributed by atoms with Gasteiger partial charge in [0.05, 0.1) is 5.52 Å². The molecule has 6 heteroatoms. The van der Waals surface area contributed by atoms with Crippen LogP contribution in [0.3, 0.4) is 0 Å². The minimum absolute atomic E-state index is 0.221. The van der Waals surface area contributed by atoms with Crippen molar-refractivity contribution in [2.75, 3.05) is 0 Å². The Kier molecular flexibility index (Phi) is 3.57. The summed E-state index contributed by atoms with van der Waals surface area (Å²) >= 11 is 0. The highest BCUT2D eigenvalue weighted by molar-refractivity contribution is 6.01. The van der Waals surface area contributed by atoms with Crippen molar-refractivity contribution in [2.45, 2.75) is 6.54 Å². The van der Waals surface area contributed by atoms with Crippen molar-refractivity contribution < 1.29 is 9.90 Å². The Morgan fingerprint density at radius 1 is 1.23 bits per heavy atom. The molecule has 0 saturated carbocycles. The number of hydrogen-bond acceptors (Lipinski definition) is 4. The fourth-order valence-corrected chi connectivity index (χ4v) is 2.21. The number of carbonyl (C=O) groups excluding carboxylic acids is 1. The van der Waals surface area contributed by atoms with E-state index in [9.17, 15) is 14.7 Å². The Morgan fingerprint density at radius 2 is 2.05 bits per heavy atom. The fraction of sp³-hybridized carbons (Fsp3) is 0.0625.